The molecule has 1 aliphatic heterocycles. The second kappa shape index (κ2) is 6.44. The van der Waals surface area contributed by atoms with Crippen LogP contribution in [0, 0.1) is 5.92 Å². The predicted molar refractivity (Wildman–Crippen MR) is 99.0 cm³/mol. The largest absolute Gasteiger partial charge is 0.356 e. The Labute approximate surface area is 150 Å². The van der Waals surface area contributed by atoms with Crippen LogP contribution in [-0.4, -0.2) is 18.1 Å². The zero-order valence-corrected chi connectivity index (χ0v) is 13.9. The number of amides is 2. The van der Waals surface area contributed by atoms with E-state index in [2.05, 4.69) is 5.32 Å². The summed E-state index contributed by atoms with van der Waals surface area (Å²) in [4.78, 5) is 37.4. The van der Waals surface area contributed by atoms with Crippen molar-refractivity contribution in [3.63, 3.8) is 0 Å². The number of hydrogen-bond donors (Lipinski definition) is 1. The highest BCUT2D eigenvalue weighted by atomic mass is 16.2. The number of imide groups is 1. The smallest absolute Gasteiger partial charge is 0.265 e. The van der Waals surface area contributed by atoms with Gasteiger partial charge in [-0.1, -0.05) is 30.4 Å². The third-order valence-electron chi connectivity index (χ3n) is 4.49. The van der Waals surface area contributed by atoms with Crippen LogP contribution in [-0.2, 0) is 14.4 Å². The SMILES string of the molecule is O=CC1C=C2C(=O)N(c3ccc(Nc4ccccc4)cc3)C(=O)C2=CC1. The van der Waals surface area contributed by atoms with Gasteiger partial charge in [0.2, 0.25) is 0 Å². The molecule has 1 fully saturated rings. The van der Waals surface area contributed by atoms with Crippen molar-refractivity contribution in [1.29, 1.82) is 0 Å². The van der Waals surface area contributed by atoms with E-state index < -0.39 is 0 Å². The Morgan fingerprint density at radius 2 is 1.54 bits per heavy atom. The van der Waals surface area contributed by atoms with Gasteiger partial charge in [-0.3, -0.25) is 9.59 Å². The molecule has 4 rings (SSSR count). The Morgan fingerprint density at radius 1 is 0.885 bits per heavy atom. The number of hydrogen-bond acceptors (Lipinski definition) is 4. The summed E-state index contributed by atoms with van der Waals surface area (Å²) in [6.07, 6.45) is 4.52. The Bertz CT molecular complexity index is 943. The van der Waals surface area contributed by atoms with E-state index in [1.165, 1.54) is 0 Å². The normalized spacial score (nSPS) is 18.9. The standard InChI is InChI=1S/C21H16N2O3/c24-13-14-6-11-18-19(12-14)21(26)23(20(18)25)17-9-7-16(8-10-17)22-15-4-2-1-3-5-15/h1-5,7-14,22H,6H2. The summed E-state index contributed by atoms with van der Waals surface area (Å²) in [6.45, 7) is 0. The lowest BCUT2D eigenvalue weighted by atomic mass is 9.93. The topological polar surface area (TPSA) is 66.5 Å². The number of allylic oxidation sites excluding steroid dienone is 2. The van der Waals surface area contributed by atoms with Gasteiger partial charge < -0.3 is 10.1 Å². The summed E-state index contributed by atoms with van der Waals surface area (Å²) >= 11 is 0. The molecule has 128 valence electrons. The van der Waals surface area contributed by atoms with E-state index in [1.807, 2.05) is 42.5 Å². The monoisotopic (exact) mass is 344 g/mol. The molecule has 1 unspecified atom stereocenters. The number of aldehydes is 1. The van der Waals surface area contributed by atoms with Crippen LogP contribution in [0.25, 0.3) is 0 Å². The number of nitrogens with one attached hydrogen (secondary N) is 1. The van der Waals surface area contributed by atoms with E-state index in [4.69, 9.17) is 0 Å². The van der Waals surface area contributed by atoms with Gasteiger partial charge in [-0.25, -0.2) is 4.90 Å². The molecule has 5 heteroatoms. The highest BCUT2D eigenvalue weighted by Crippen LogP contribution is 2.34. The number of benzene rings is 2. The molecule has 2 aliphatic rings. The first kappa shape index (κ1) is 16.0. The zero-order valence-electron chi connectivity index (χ0n) is 13.9. The maximum absolute atomic E-state index is 12.7. The third kappa shape index (κ3) is 2.73. The van der Waals surface area contributed by atoms with Crippen LogP contribution in [0.1, 0.15) is 6.42 Å². The van der Waals surface area contributed by atoms with Gasteiger partial charge in [0.05, 0.1) is 5.69 Å². The van der Waals surface area contributed by atoms with Crippen LogP contribution in [0.2, 0.25) is 0 Å². The fourth-order valence-corrected chi connectivity index (χ4v) is 3.17. The lowest BCUT2D eigenvalue weighted by molar-refractivity contribution is -0.119. The highest BCUT2D eigenvalue weighted by molar-refractivity contribution is 6.37. The summed E-state index contributed by atoms with van der Waals surface area (Å²) in [5.74, 6) is -1.06. The van der Waals surface area contributed by atoms with Crippen LogP contribution in [0.4, 0.5) is 17.1 Å². The summed E-state index contributed by atoms with van der Waals surface area (Å²) in [5, 5.41) is 3.26. The molecule has 1 atom stereocenters. The van der Waals surface area contributed by atoms with Gasteiger partial charge in [0.1, 0.15) is 6.29 Å². The van der Waals surface area contributed by atoms with Gasteiger partial charge in [-0.15, -0.1) is 0 Å². The molecule has 26 heavy (non-hydrogen) atoms. The fraction of sp³-hybridized carbons (Fsp3) is 0.0952. The molecule has 5 nitrogen and oxygen atoms in total. The number of rotatable bonds is 4. The molecule has 2 aromatic carbocycles. The molecule has 2 amide bonds. The van der Waals surface area contributed by atoms with Gasteiger partial charge in [0.15, 0.2) is 0 Å². The molecule has 1 N–H and O–H groups in total. The first-order valence-corrected chi connectivity index (χ1v) is 8.36. The number of carbonyl (C=O) groups excluding carboxylic acids is 3. The van der Waals surface area contributed by atoms with Crippen LogP contribution >= 0.6 is 0 Å². The highest BCUT2D eigenvalue weighted by Gasteiger charge is 2.41. The number of nitrogens with zero attached hydrogens (tertiary/aromatic N) is 1. The fourth-order valence-electron chi connectivity index (χ4n) is 3.17. The van der Waals surface area contributed by atoms with Gasteiger partial charge >= 0.3 is 0 Å². The Morgan fingerprint density at radius 3 is 2.23 bits per heavy atom. The van der Waals surface area contributed by atoms with E-state index in [9.17, 15) is 14.4 Å². The van der Waals surface area contributed by atoms with E-state index in [0.717, 1.165) is 22.6 Å². The zero-order chi connectivity index (χ0) is 18.1. The summed E-state index contributed by atoms with van der Waals surface area (Å²) in [7, 11) is 0. The van der Waals surface area contributed by atoms with Crippen LogP contribution in [0.3, 0.4) is 0 Å². The lowest BCUT2D eigenvalue weighted by Gasteiger charge is -2.14. The van der Waals surface area contributed by atoms with Gasteiger partial charge in [-0.05, 0) is 42.8 Å². The molecule has 0 aromatic heterocycles. The van der Waals surface area contributed by atoms with Crippen LogP contribution < -0.4 is 10.2 Å². The molecule has 0 saturated carbocycles. The summed E-state index contributed by atoms with van der Waals surface area (Å²) < 4.78 is 0. The summed E-state index contributed by atoms with van der Waals surface area (Å²) in [5.41, 5.74) is 3.03. The van der Waals surface area contributed by atoms with Crippen molar-refractivity contribution in [1.82, 2.24) is 0 Å². The second-order valence-corrected chi connectivity index (χ2v) is 6.22. The average Bonchev–Trinajstić information content (AvgIpc) is 2.93. The molecule has 0 bridgehead atoms. The second-order valence-electron chi connectivity index (χ2n) is 6.22. The molecule has 1 aliphatic carbocycles. The lowest BCUT2D eigenvalue weighted by Crippen LogP contribution is -2.29. The van der Waals surface area contributed by atoms with E-state index in [-0.39, 0.29) is 17.7 Å². The first-order valence-electron chi connectivity index (χ1n) is 8.36. The van der Waals surface area contributed by atoms with E-state index >= 15 is 0 Å². The van der Waals surface area contributed by atoms with E-state index in [0.29, 0.717) is 23.3 Å². The van der Waals surface area contributed by atoms with Crippen LogP contribution in [0.15, 0.2) is 77.9 Å². The molecule has 0 radical (unpaired) electrons. The Hall–Kier alpha value is -3.47. The number of carbonyl (C=O) groups is 3. The van der Waals surface area contributed by atoms with Crippen molar-refractivity contribution in [2.24, 2.45) is 5.92 Å². The molecule has 2 aromatic rings. The Kier molecular flexibility index (Phi) is 3.97. The molecular weight excluding hydrogens is 328 g/mol. The molecular formula is C21H16N2O3. The van der Waals surface area contributed by atoms with Crippen molar-refractivity contribution >= 4 is 35.2 Å². The Balaban J connectivity index is 1.59. The van der Waals surface area contributed by atoms with Crippen LogP contribution in [0.5, 0.6) is 0 Å². The molecule has 1 saturated heterocycles. The quantitative estimate of drug-likeness (QED) is 0.682. The van der Waals surface area contributed by atoms with Crippen molar-refractivity contribution in [2.45, 2.75) is 6.42 Å². The molecule has 1 heterocycles. The van der Waals surface area contributed by atoms with Crippen molar-refractivity contribution in [3.8, 4) is 0 Å². The first-order chi connectivity index (χ1) is 12.7. The average molecular weight is 344 g/mol. The minimum absolute atomic E-state index is 0.324. The maximum Gasteiger partial charge on any atom is 0.265 e. The van der Waals surface area contributed by atoms with E-state index in [1.54, 1.807) is 24.3 Å². The van der Waals surface area contributed by atoms with Crippen molar-refractivity contribution < 1.29 is 14.4 Å². The maximum atomic E-state index is 12.7. The van der Waals surface area contributed by atoms with Crippen molar-refractivity contribution in [2.75, 3.05) is 10.2 Å². The number of para-hydroxylation sites is 1. The van der Waals surface area contributed by atoms with Gasteiger partial charge in [0.25, 0.3) is 11.8 Å². The number of anilines is 3. The third-order valence-corrected chi connectivity index (χ3v) is 4.49. The minimum Gasteiger partial charge on any atom is -0.356 e. The van der Waals surface area contributed by atoms with Crippen molar-refractivity contribution in [3.05, 3.63) is 77.9 Å². The predicted octanol–water partition coefficient (Wildman–Crippen LogP) is 3.38. The van der Waals surface area contributed by atoms with Gasteiger partial charge in [-0.2, -0.15) is 0 Å². The molecule has 0 spiro atoms. The minimum atomic E-state index is -0.378. The summed E-state index contributed by atoms with van der Waals surface area (Å²) in [6, 6.07) is 16.8. The number of fused-ring (bicyclic) bond motifs is 1. The van der Waals surface area contributed by atoms with Gasteiger partial charge in [0, 0.05) is 28.4 Å².